The summed E-state index contributed by atoms with van der Waals surface area (Å²) >= 11 is 0. The monoisotopic (exact) mass is 263 g/mol. The molecule has 0 amide bonds. The smallest absolute Gasteiger partial charge is 0.281 e. The number of nitrogens with zero attached hydrogens (tertiary/aromatic N) is 2. The first kappa shape index (κ1) is 14.9. The fourth-order valence-electron chi connectivity index (χ4n) is 2.35. The van der Waals surface area contributed by atoms with Gasteiger partial charge in [-0.05, 0) is 32.4 Å². The van der Waals surface area contributed by atoms with E-state index in [2.05, 4.69) is 5.32 Å². The molecule has 0 unspecified atom stereocenters. The quantitative estimate of drug-likeness (QED) is 0.759. The molecular formula is C11H25N3O2S. The van der Waals surface area contributed by atoms with Crippen molar-refractivity contribution in [2.75, 3.05) is 39.8 Å². The van der Waals surface area contributed by atoms with Crippen LogP contribution in [0.4, 0.5) is 0 Å². The van der Waals surface area contributed by atoms with Crippen molar-refractivity contribution in [3.05, 3.63) is 0 Å². The molecular weight excluding hydrogens is 238 g/mol. The first-order valence-corrected chi connectivity index (χ1v) is 7.85. The molecule has 0 spiro atoms. The van der Waals surface area contributed by atoms with Crippen LogP contribution in [0.2, 0.25) is 0 Å². The van der Waals surface area contributed by atoms with Crippen LogP contribution < -0.4 is 5.32 Å². The Kier molecular flexibility index (Phi) is 5.85. The van der Waals surface area contributed by atoms with E-state index in [1.807, 2.05) is 20.9 Å². The number of rotatable bonds is 6. The Morgan fingerprint density at radius 1 is 1.24 bits per heavy atom. The Labute approximate surface area is 105 Å². The molecule has 1 aliphatic rings. The molecule has 0 aromatic carbocycles. The van der Waals surface area contributed by atoms with Gasteiger partial charge in [-0.2, -0.15) is 17.0 Å². The molecule has 0 radical (unpaired) electrons. The van der Waals surface area contributed by atoms with Crippen molar-refractivity contribution in [2.24, 2.45) is 5.92 Å². The number of piperidine rings is 1. The summed E-state index contributed by atoms with van der Waals surface area (Å²) in [5.41, 5.74) is 0. The zero-order valence-corrected chi connectivity index (χ0v) is 12.0. The van der Waals surface area contributed by atoms with Crippen molar-refractivity contribution in [1.82, 2.24) is 13.9 Å². The van der Waals surface area contributed by atoms with Gasteiger partial charge in [-0.25, -0.2) is 0 Å². The van der Waals surface area contributed by atoms with Gasteiger partial charge in [0.1, 0.15) is 0 Å². The lowest BCUT2D eigenvalue weighted by Gasteiger charge is -2.34. The van der Waals surface area contributed by atoms with Crippen molar-refractivity contribution in [3.8, 4) is 0 Å². The van der Waals surface area contributed by atoms with Gasteiger partial charge in [0, 0.05) is 26.2 Å². The summed E-state index contributed by atoms with van der Waals surface area (Å²) in [6, 6.07) is 0. The van der Waals surface area contributed by atoms with E-state index in [-0.39, 0.29) is 0 Å². The van der Waals surface area contributed by atoms with E-state index < -0.39 is 10.2 Å². The van der Waals surface area contributed by atoms with Gasteiger partial charge in [0.25, 0.3) is 10.2 Å². The number of hydrogen-bond donors (Lipinski definition) is 1. The van der Waals surface area contributed by atoms with Crippen LogP contribution in [0, 0.1) is 5.92 Å². The highest BCUT2D eigenvalue weighted by Crippen LogP contribution is 2.20. The van der Waals surface area contributed by atoms with Crippen LogP contribution in [-0.2, 0) is 10.2 Å². The van der Waals surface area contributed by atoms with Gasteiger partial charge in [-0.15, -0.1) is 0 Å². The highest BCUT2D eigenvalue weighted by atomic mass is 32.2. The summed E-state index contributed by atoms with van der Waals surface area (Å²) in [4.78, 5) is 0. The molecule has 1 heterocycles. The highest BCUT2D eigenvalue weighted by Gasteiger charge is 2.31. The van der Waals surface area contributed by atoms with E-state index >= 15 is 0 Å². The Morgan fingerprint density at radius 2 is 1.76 bits per heavy atom. The van der Waals surface area contributed by atoms with Crippen LogP contribution in [0.5, 0.6) is 0 Å². The van der Waals surface area contributed by atoms with Gasteiger partial charge >= 0.3 is 0 Å². The topological polar surface area (TPSA) is 52.7 Å². The Balaban J connectivity index is 2.58. The maximum absolute atomic E-state index is 12.2. The van der Waals surface area contributed by atoms with E-state index in [1.54, 1.807) is 4.31 Å². The average molecular weight is 263 g/mol. The normalized spacial score (nSPS) is 20.0. The van der Waals surface area contributed by atoms with Gasteiger partial charge < -0.3 is 5.32 Å². The summed E-state index contributed by atoms with van der Waals surface area (Å²) in [7, 11) is -1.27. The van der Waals surface area contributed by atoms with E-state index in [4.69, 9.17) is 0 Å². The second-order valence-electron chi connectivity index (χ2n) is 4.49. The molecule has 1 fully saturated rings. The number of hydrogen-bond acceptors (Lipinski definition) is 3. The fraction of sp³-hybridized carbons (Fsp3) is 1.00. The molecule has 17 heavy (non-hydrogen) atoms. The summed E-state index contributed by atoms with van der Waals surface area (Å²) in [5, 5.41) is 3.16. The van der Waals surface area contributed by atoms with Crippen LogP contribution in [0.3, 0.4) is 0 Å². The lowest BCUT2D eigenvalue weighted by molar-refractivity contribution is 0.254. The van der Waals surface area contributed by atoms with Crippen molar-refractivity contribution in [3.63, 3.8) is 0 Å². The predicted octanol–water partition coefficient (Wildman–Crippen LogP) is 0.504. The second kappa shape index (κ2) is 6.68. The van der Waals surface area contributed by atoms with Crippen LogP contribution in [0.15, 0.2) is 0 Å². The van der Waals surface area contributed by atoms with Gasteiger partial charge in [-0.3, -0.25) is 0 Å². The third kappa shape index (κ3) is 3.64. The zero-order chi connectivity index (χ0) is 12.9. The lowest BCUT2D eigenvalue weighted by atomic mass is 9.98. The minimum absolute atomic E-state index is 0.551. The average Bonchev–Trinajstić information content (AvgIpc) is 2.31. The van der Waals surface area contributed by atoms with Gasteiger partial charge in [0.2, 0.25) is 0 Å². The molecule has 102 valence electrons. The van der Waals surface area contributed by atoms with Gasteiger partial charge in [0.05, 0.1) is 0 Å². The van der Waals surface area contributed by atoms with Gasteiger partial charge in [-0.1, -0.05) is 13.8 Å². The largest absolute Gasteiger partial charge is 0.319 e. The maximum Gasteiger partial charge on any atom is 0.281 e. The molecule has 1 N–H and O–H groups in total. The minimum atomic E-state index is -3.22. The van der Waals surface area contributed by atoms with Crippen LogP contribution >= 0.6 is 0 Å². The SMILES string of the molecule is CCN(CC)S(=O)(=O)N1CCC(CNC)CC1. The van der Waals surface area contributed by atoms with Crippen LogP contribution in [0.1, 0.15) is 26.7 Å². The molecule has 5 nitrogen and oxygen atoms in total. The summed E-state index contributed by atoms with van der Waals surface area (Å²) in [6.45, 7) is 7.17. The minimum Gasteiger partial charge on any atom is -0.319 e. The summed E-state index contributed by atoms with van der Waals surface area (Å²) < 4.78 is 27.7. The summed E-state index contributed by atoms with van der Waals surface area (Å²) in [5.74, 6) is 0.614. The molecule has 0 aromatic rings. The fourth-order valence-corrected chi connectivity index (χ4v) is 4.00. The Morgan fingerprint density at radius 3 is 2.18 bits per heavy atom. The van der Waals surface area contributed by atoms with E-state index in [9.17, 15) is 8.42 Å². The molecule has 1 aliphatic heterocycles. The Bertz CT molecular complexity index is 307. The molecule has 0 saturated carbocycles. The molecule has 0 atom stereocenters. The number of nitrogens with one attached hydrogen (secondary N) is 1. The molecule has 1 saturated heterocycles. The maximum atomic E-state index is 12.2. The molecule has 0 bridgehead atoms. The van der Waals surface area contributed by atoms with E-state index in [1.165, 1.54) is 4.31 Å². The van der Waals surface area contributed by atoms with Crippen molar-refractivity contribution in [2.45, 2.75) is 26.7 Å². The standard InChI is InChI=1S/C11H25N3O2S/c1-4-13(5-2)17(15,16)14-8-6-11(7-9-14)10-12-3/h11-12H,4-10H2,1-3H3. The van der Waals surface area contributed by atoms with Crippen molar-refractivity contribution < 1.29 is 8.42 Å². The van der Waals surface area contributed by atoms with Crippen molar-refractivity contribution >= 4 is 10.2 Å². The molecule has 6 heteroatoms. The first-order valence-electron chi connectivity index (χ1n) is 6.46. The second-order valence-corrected chi connectivity index (χ2v) is 6.42. The third-order valence-electron chi connectivity index (χ3n) is 3.42. The van der Waals surface area contributed by atoms with Crippen LogP contribution in [0.25, 0.3) is 0 Å². The first-order chi connectivity index (χ1) is 8.06. The molecule has 0 aromatic heterocycles. The predicted molar refractivity (Wildman–Crippen MR) is 70.1 cm³/mol. The highest BCUT2D eigenvalue weighted by molar-refractivity contribution is 7.86. The van der Waals surface area contributed by atoms with Crippen LogP contribution in [-0.4, -0.2) is 56.8 Å². The van der Waals surface area contributed by atoms with E-state index in [0.717, 1.165) is 19.4 Å². The lowest BCUT2D eigenvalue weighted by Crippen LogP contribution is -2.47. The third-order valence-corrected chi connectivity index (χ3v) is 5.61. The molecule has 1 rings (SSSR count). The van der Waals surface area contributed by atoms with Gasteiger partial charge in [0.15, 0.2) is 0 Å². The Hall–Kier alpha value is -0.170. The summed E-state index contributed by atoms with van der Waals surface area (Å²) in [6.07, 6.45) is 1.92. The van der Waals surface area contributed by atoms with Crippen molar-refractivity contribution in [1.29, 1.82) is 0 Å². The van der Waals surface area contributed by atoms with E-state index in [0.29, 0.717) is 32.1 Å². The molecule has 0 aliphatic carbocycles. The zero-order valence-electron chi connectivity index (χ0n) is 11.1.